The van der Waals surface area contributed by atoms with Crippen LogP contribution in [0.1, 0.15) is 44.3 Å². The van der Waals surface area contributed by atoms with Gasteiger partial charge in [0.05, 0.1) is 12.0 Å². The molecule has 1 aromatic heterocycles. The van der Waals surface area contributed by atoms with Crippen LogP contribution in [0, 0.1) is 0 Å². The molecule has 2 aromatic rings. The number of hydrogen-bond acceptors (Lipinski definition) is 4. The minimum atomic E-state index is -0.197. The summed E-state index contributed by atoms with van der Waals surface area (Å²) in [5.41, 5.74) is 0.845. The fraction of sp³-hybridized carbons (Fsp3) is 0.467. The van der Waals surface area contributed by atoms with E-state index in [1.54, 1.807) is 0 Å². The van der Waals surface area contributed by atoms with E-state index < -0.39 is 0 Å². The second-order valence-electron chi connectivity index (χ2n) is 4.59. The molecule has 0 amide bonds. The Morgan fingerprint density at radius 2 is 2.15 bits per heavy atom. The smallest absolute Gasteiger partial charge is 0.258 e. The summed E-state index contributed by atoms with van der Waals surface area (Å²) in [7, 11) is 0. The van der Waals surface area contributed by atoms with Gasteiger partial charge in [-0.05, 0) is 31.0 Å². The minimum absolute atomic E-state index is 0.197. The molecule has 1 unspecified atom stereocenters. The van der Waals surface area contributed by atoms with Crippen molar-refractivity contribution in [3.05, 3.63) is 30.1 Å². The van der Waals surface area contributed by atoms with Crippen molar-refractivity contribution in [2.24, 2.45) is 0 Å². The molecule has 0 bridgehead atoms. The Labute approximate surface area is 124 Å². The third-order valence-corrected chi connectivity index (χ3v) is 3.23. The highest BCUT2D eigenvalue weighted by Gasteiger charge is 2.16. The molecule has 1 heterocycles. The third-order valence-electron chi connectivity index (χ3n) is 2.82. The molecule has 1 atom stereocenters. The lowest BCUT2D eigenvalue weighted by Gasteiger charge is -2.04. The van der Waals surface area contributed by atoms with Crippen LogP contribution in [0.4, 0.5) is 0 Å². The van der Waals surface area contributed by atoms with Crippen LogP contribution in [-0.2, 0) is 0 Å². The summed E-state index contributed by atoms with van der Waals surface area (Å²) in [6.45, 7) is 4.84. The van der Waals surface area contributed by atoms with Crippen LogP contribution in [0.5, 0.6) is 5.75 Å². The van der Waals surface area contributed by atoms with Gasteiger partial charge < -0.3 is 9.26 Å². The molecule has 20 heavy (non-hydrogen) atoms. The van der Waals surface area contributed by atoms with Gasteiger partial charge in [0, 0.05) is 5.56 Å². The van der Waals surface area contributed by atoms with Gasteiger partial charge in [0.25, 0.3) is 5.89 Å². The molecule has 0 aliphatic carbocycles. The quantitative estimate of drug-likeness (QED) is 0.700. The lowest BCUT2D eigenvalue weighted by Crippen LogP contribution is -1.95. The number of halogens is 1. The zero-order valence-corrected chi connectivity index (χ0v) is 12.6. The van der Waals surface area contributed by atoms with Crippen LogP contribution in [0.3, 0.4) is 0 Å². The zero-order chi connectivity index (χ0) is 14.4. The molecule has 0 N–H and O–H groups in total. The number of nitrogens with zero attached hydrogens (tertiary/aromatic N) is 2. The normalized spacial score (nSPS) is 12.3. The maximum atomic E-state index is 6.20. The van der Waals surface area contributed by atoms with E-state index in [4.69, 9.17) is 20.9 Å². The molecule has 2 rings (SSSR count). The Kier molecular flexibility index (Phi) is 5.41. The number of hydrogen-bond donors (Lipinski definition) is 0. The van der Waals surface area contributed by atoms with Crippen molar-refractivity contribution in [2.75, 3.05) is 6.61 Å². The predicted molar refractivity (Wildman–Crippen MR) is 79.0 cm³/mol. The monoisotopic (exact) mass is 294 g/mol. The summed E-state index contributed by atoms with van der Waals surface area (Å²) < 4.78 is 10.9. The zero-order valence-electron chi connectivity index (χ0n) is 11.8. The highest BCUT2D eigenvalue weighted by molar-refractivity contribution is 6.20. The van der Waals surface area contributed by atoms with Crippen molar-refractivity contribution in [1.29, 1.82) is 0 Å². The van der Waals surface area contributed by atoms with Gasteiger partial charge in [-0.1, -0.05) is 31.5 Å². The van der Waals surface area contributed by atoms with Crippen LogP contribution in [0.2, 0.25) is 0 Å². The summed E-state index contributed by atoms with van der Waals surface area (Å²) in [5.74, 6) is 1.83. The van der Waals surface area contributed by atoms with Crippen molar-refractivity contribution in [3.8, 4) is 17.2 Å². The molecule has 1 aromatic carbocycles. The molecule has 0 aliphatic heterocycles. The largest absolute Gasteiger partial charge is 0.494 e. The van der Waals surface area contributed by atoms with Gasteiger partial charge in [-0.15, -0.1) is 11.6 Å². The standard InChI is InChI=1S/C15H19ClN2O2/c1-3-6-13(16)14-17-15(20-18-14)11-7-5-8-12(10-11)19-9-4-2/h5,7-8,10,13H,3-4,6,9H2,1-2H3. The van der Waals surface area contributed by atoms with Crippen molar-refractivity contribution in [2.45, 2.75) is 38.5 Å². The number of ether oxygens (including phenoxy) is 1. The first kappa shape index (κ1) is 14.9. The van der Waals surface area contributed by atoms with Gasteiger partial charge in [0.1, 0.15) is 5.75 Å². The van der Waals surface area contributed by atoms with E-state index in [0.29, 0.717) is 18.3 Å². The second-order valence-corrected chi connectivity index (χ2v) is 5.12. The van der Waals surface area contributed by atoms with E-state index in [2.05, 4.69) is 24.0 Å². The molecule has 0 aliphatic rings. The first-order valence-electron chi connectivity index (χ1n) is 6.95. The van der Waals surface area contributed by atoms with Gasteiger partial charge >= 0.3 is 0 Å². The summed E-state index contributed by atoms with van der Waals surface area (Å²) in [5, 5.41) is 3.75. The van der Waals surface area contributed by atoms with Crippen molar-refractivity contribution in [3.63, 3.8) is 0 Å². The third kappa shape index (κ3) is 3.73. The number of alkyl halides is 1. The minimum Gasteiger partial charge on any atom is -0.494 e. The molecule has 0 spiro atoms. The highest BCUT2D eigenvalue weighted by Crippen LogP contribution is 2.27. The fourth-order valence-electron chi connectivity index (χ4n) is 1.80. The van der Waals surface area contributed by atoms with Crippen molar-refractivity contribution >= 4 is 11.6 Å². The molecule has 0 saturated carbocycles. The van der Waals surface area contributed by atoms with E-state index in [1.165, 1.54) is 0 Å². The lowest BCUT2D eigenvalue weighted by atomic mass is 10.2. The molecule has 0 saturated heterocycles. The lowest BCUT2D eigenvalue weighted by molar-refractivity contribution is 0.317. The van der Waals surface area contributed by atoms with E-state index in [1.807, 2.05) is 24.3 Å². The molecule has 0 fully saturated rings. The molecule has 0 radical (unpaired) electrons. The van der Waals surface area contributed by atoms with Crippen LogP contribution < -0.4 is 4.74 Å². The summed E-state index contributed by atoms with van der Waals surface area (Å²) in [6.07, 6.45) is 2.79. The van der Waals surface area contributed by atoms with Gasteiger partial charge in [0.2, 0.25) is 0 Å². The fourth-order valence-corrected chi connectivity index (χ4v) is 2.11. The maximum absolute atomic E-state index is 6.20. The topological polar surface area (TPSA) is 48.2 Å². The average molecular weight is 295 g/mol. The Balaban J connectivity index is 2.15. The van der Waals surface area contributed by atoms with E-state index in [9.17, 15) is 0 Å². The summed E-state index contributed by atoms with van der Waals surface area (Å²) in [6, 6.07) is 7.64. The van der Waals surface area contributed by atoms with E-state index >= 15 is 0 Å². The second kappa shape index (κ2) is 7.29. The Hall–Kier alpha value is -1.55. The first-order valence-corrected chi connectivity index (χ1v) is 7.39. The maximum Gasteiger partial charge on any atom is 0.258 e. The summed E-state index contributed by atoms with van der Waals surface area (Å²) >= 11 is 6.20. The SMILES string of the molecule is CCCOc1cccc(-c2nc(C(Cl)CCC)no2)c1. The van der Waals surface area contributed by atoms with Crippen LogP contribution in [-0.4, -0.2) is 16.7 Å². The van der Waals surface area contributed by atoms with Gasteiger partial charge in [-0.3, -0.25) is 0 Å². The van der Waals surface area contributed by atoms with Gasteiger partial charge in [-0.25, -0.2) is 0 Å². The Morgan fingerprint density at radius 3 is 2.90 bits per heavy atom. The van der Waals surface area contributed by atoms with Crippen LogP contribution in [0.15, 0.2) is 28.8 Å². The molecule has 5 heteroatoms. The predicted octanol–water partition coefficient (Wildman–Crippen LogP) is 4.61. The first-order chi connectivity index (χ1) is 9.74. The number of benzene rings is 1. The molecule has 108 valence electrons. The number of rotatable bonds is 7. The van der Waals surface area contributed by atoms with E-state index in [0.717, 1.165) is 30.6 Å². The molecule has 4 nitrogen and oxygen atoms in total. The number of aromatic nitrogens is 2. The van der Waals surface area contributed by atoms with Crippen molar-refractivity contribution < 1.29 is 9.26 Å². The Morgan fingerprint density at radius 1 is 1.30 bits per heavy atom. The van der Waals surface area contributed by atoms with Crippen molar-refractivity contribution in [1.82, 2.24) is 10.1 Å². The van der Waals surface area contributed by atoms with E-state index in [-0.39, 0.29) is 5.38 Å². The Bertz CT molecular complexity index is 542. The van der Waals surface area contributed by atoms with Crippen LogP contribution >= 0.6 is 11.6 Å². The average Bonchev–Trinajstić information content (AvgIpc) is 2.95. The highest BCUT2D eigenvalue weighted by atomic mass is 35.5. The van der Waals surface area contributed by atoms with Gasteiger partial charge in [0.15, 0.2) is 5.82 Å². The molecular weight excluding hydrogens is 276 g/mol. The molecular formula is C15H19ClN2O2. The van der Waals surface area contributed by atoms with Crippen LogP contribution in [0.25, 0.3) is 11.5 Å². The van der Waals surface area contributed by atoms with Gasteiger partial charge in [-0.2, -0.15) is 4.98 Å². The summed E-state index contributed by atoms with van der Waals surface area (Å²) in [4.78, 5) is 4.36.